The molecule has 15 heavy (non-hydrogen) atoms. The minimum absolute atomic E-state index is 0.0460. The van der Waals surface area contributed by atoms with Crippen LogP contribution in [-0.4, -0.2) is 18.5 Å². The van der Waals surface area contributed by atoms with Crippen molar-refractivity contribution in [2.75, 3.05) is 17.2 Å². The summed E-state index contributed by atoms with van der Waals surface area (Å²) < 4.78 is 0. The van der Waals surface area contributed by atoms with Crippen LogP contribution in [0, 0.1) is 6.92 Å². The van der Waals surface area contributed by atoms with E-state index in [9.17, 15) is 4.79 Å². The quantitative estimate of drug-likeness (QED) is 0.661. The van der Waals surface area contributed by atoms with Crippen molar-refractivity contribution in [1.29, 1.82) is 0 Å². The molecular formula is C11H15N3O. The van der Waals surface area contributed by atoms with Crippen molar-refractivity contribution in [2.24, 2.45) is 5.73 Å². The van der Waals surface area contributed by atoms with E-state index in [2.05, 4.69) is 0 Å². The second-order valence-corrected chi connectivity index (χ2v) is 4.01. The highest BCUT2D eigenvalue weighted by molar-refractivity contribution is 5.96. The van der Waals surface area contributed by atoms with Gasteiger partial charge in [0.25, 0.3) is 0 Å². The average Bonchev–Trinajstić information content (AvgIpc) is 2.50. The molecule has 1 unspecified atom stereocenters. The molecule has 2 rings (SSSR count). The van der Waals surface area contributed by atoms with Crippen molar-refractivity contribution in [1.82, 2.24) is 0 Å². The Morgan fingerprint density at radius 3 is 2.73 bits per heavy atom. The highest BCUT2D eigenvalue weighted by Gasteiger charge is 2.27. The van der Waals surface area contributed by atoms with Gasteiger partial charge in [-0.05, 0) is 30.7 Å². The van der Waals surface area contributed by atoms with Crippen LogP contribution in [0.1, 0.15) is 12.0 Å². The smallest absolute Gasteiger partial charge is 0.228 e. The molecule has 1 heterocycles. The van der Waals surface area contributed by atoms with E-state index in [1.807, 2.05) is 25.1 Å². The van der Waals surface area contributed by atoms with Crippen LogP contribution in [0.4, 0.5) is 11.4 Å². The van der Waals surface area contributed by atoms with E-state index in [4.69, 9.17) is 11.5 Å². The Morgan fingerprint density at radius 1 is 1.47 bits per heavy atom. The Balaban J connectivity index is 2.30. The summed E-state index contributed by atoms with van der Waals surface area (Å²) in [5.74, 6) is 0.0895. The van der Waals surface area contributed by atoms with Gasteiger partial charge in [-0.15, -0.1) is 0 Å². The summed E-state index contributed by atoms with van der Waals surface area (Å²) in [5, 5.41) is 0. The molecule has 80 valence electrons. The van der Waals surface area contributed by atoms with Gasteiger partial charge in [0.15, 0.2) is 0 Å². The molecule has 4 N–H and O–H groups in total. The molecule has 1 amide bonds. The Morgan fingerprint density at radius 2 is 2.20 bits per heavy atom. The lowest BCUT2D eigenvalue weighted by Gasteiger charge is -2.17. The monoisotopic (exact) mass is 205 g/mol. The zero-order valence-electron chi connectivity index (χ0n) is 8.73. The lowest BCUT2D eigenvalue weighted by molar-refractivity contribution is -0.117. The van der Waals surface area contributed by atoms with Crippen LogP contribution in [0.3, 0.4) is 0 Å². The van der Waals surface area contributed by atoms with E-state index in [1.165, 1.54) is 0 Å². The van der Waals surface area contributed by atoms with Gasteiger partial charge in [0.05, 0.1) is 0 Å². The number of nitrogen functional groups attached to an aromatic ring is 1. The standard InChI is InChI=1S/C11H15N3O/c1-7-4-9(2-3-10(7)13)14-6-8(12)5-11(14)15/h2-4,8H,5-6,12-13H2,1H3. The maximum absolute atomic E-state index is 11.6. The molecule has 1 aromatic rings. The van der Waals surface area contributed by atoms with Crippen LogP contribution in [0.2, 0.25) is 0 Å². The zero-order valence-corrected chi connectivity index (χ0v) is 8.73. The maximum Gasteiger partial charge on any atom is 0.228 e. The Bertz CT molecular complexity index is 403. The number of nitrogens with two attached hydrogens (primary N) is 2. The van der Waals surface area contributed by atoms with Gasteiger partial charge in [-0.25, -0.2) is 0 Å². The normalized spacial score (nSPS) is 21.1. The van der Waals surface area contributed by atoms with Crippen molar-refractivity contribution < 1.29 is 4.79 Å². The molecule has 4 heteroatoms. The van der Waals surface area contributed by atoms with Gasteiger partial charge in [-0.3, -0.25) is 4.79 Å². The molecule has 0 bridgehead atoms. The van der Waals surface area contributed by atoms with Gasteiger partial charge < -0.3 is 16.4 Å². The summed E-state index contributed by atoms with van der Waals surface area (Å²) in [6.45, 7) is 2.53. The number of nitrogens with zero attached hydrogens (tertiary/aromatic N) is 1. The third-order valence-electron chi connectivity index (χ3n) is 2.72. The third kappa shape index (κ3) is 1.80. The molecule has 4 nitrogen and oxygen atoms in total. The summed E-state index contributed by atoms with van der Waals surface area (Å²) in [6, 6.07) is 5.56. The molecule has 1 fully saturated rings. The maximum atomic E-state index is 11.6. The molecule has 1 aliphatic heterocycles. The lowest BCUT2D eigenvalue weighted by atomic mass is 10.2. The van der Waals surface area contributed by atoms with Crippen molar-refractivity contribution in [3.63, 3.8) is 0 Å². The van der Waals surface area contributed by atoms with Gasteiger partial charge in [0.1, 0.15) is 0 Å². The number of benzene rings is 1. The molecule has 1 aliphatic rings. The number of aryl methyl sites for hydroxylation is 1. The zero-order chi connectivity index (χ0) is 11.0. The molecule has 0 aromatic heterocycles. The number of anilines is 2. The summed E-state index contributed by atoms with van der Waals surface area (Å²) in [7, 11) is 0. The van der Waals surface area contributed by atoms with Crippen molar-refractivity contribution in [3.05, 3.63) is 23.8 Å². The number of hydrogen-bond donors (Lipinski definition) is 2. The summed E-state index contributed by atoms with van der Waals surface area (Å²) >= 11 is 0. The Hall–Kier alpha value is -1.55. The summed E-state index contributed by atoms with van der Waals surface area (Å²) in [5.41, 5.74) is 14.1. The second-order valence-electron chi connectivity index (χ2n) is 4.01. The highest BCUT2D eigenvalue weighted by atomic mass is 16.2. The minimum atomic E-state index is -0.0460. The van der Waals surface area contributed by atoms with Crippen LogP contribution < -0.4 is 16.4 Å². The fourth-order valence-corrected chi connectivity index (χ4v) is 1.81. The average molecular weight is 205 g/mol. The van der Waals surface area contributed by atoms with Crippen LogP contribution in [0.25, 0.3) is 0 Å². The van der Waals surface area contributed by atoms with Gasteiger partial charge in [0.2, 0.25) is 5.91 Å². The van der Waals surface area contributed by atoms with Crippen LogP contribution in [0.5, 0.6) is 0 Å². The molecule has 0 saturated carbocycles. The first-order valence-corrected chi connectivity index (χ1v) is 5.00. The molecule has 0 radical (unpaired) electrons. The van der Waals surface area contributed by atoms with E-state index in [0.717, 1.165) is 16.9 Å². The SMILES string of the molecule is Cc1cc(N2CC(N)CC2=O)ccc1N. The summed E-state index contributed by atoms with van der Waals surface area (Å²) in [4.78, 5) is 13.3. The topological polar surface area (TPSA) is 72.3 Å². The van der Waals surface area contributed by atoms with Gasteiger partial charge >= 0.3 is 0 Å². The fourth-order valence-electron chi connectivity index (χ4n) is 1.81. The van der Waals surface area contributed by atoms with Crippen LogP contribution in [-0.2, 0) is 4.79 Å². The summed E-state index contributed by atoms with van der Waals surface area (Å²) in [6.07, 6.45) is 0.434. The highest BCUT2D eigenvalue weighted by Crippen LogP contribution is 2.24. The third-order valence-corrected chi connectivity index (χ3v) is 2.72. The van der Waals surface area contributed by atoms with E-state index in [1.54, 1.807) is 4.90 Å². The molecule has 1 atom stereocenters. The van der Waals surface area contributed by atoms with Crippen molar-refractivity contribution in [2.45, 2.75) is 19.4 Å². The van der Waals surface area contributed by atoms with Crippen molar-refractivity contribution in [3.8, 4) is 0 Å². The van der Waals surface area contributed by atoms with Crippen LogP contribution >= 0.6 is 0 Å². The first-order valence-electron chi connectivity index (χ1n) is 5.00. The van der Waals surface area contributed by atoms with Crippen molar-refractivity contribution >= 4 is 17.3 Å². The second kappa shape index (κ2) is 3.55. The number of rotatable bonds is 1. The van der Waals surface area contributed by atoms with E-state index in [-0.39, 0.29) is 11.9 Å². The lowest BCUT2D eigenvalue weighted by Crippen LogP contribution is -2.27. The Labute approximate surface area is 88.9 Å². The molecule has 1 aromatic carbocycles. The number of carbonyl (C=O) groups is 1. The van der Waals surface area contributed by atoms with E-state index in [0.29, 0.717) is 13.0 Å². The predicted octanol–water partition coefficient (Wildman–Crippen LogP) is 0.641. The Kier molecular flexibility index (Phi) is 2.36. The van der Waals surface area contributed by atoms with Gasteiger partial charge in [-0.1, -0.05) is 0 Å². The van der Waals surface area contributed by atoms with Crippen LogP contribution in [0.15, 0.2) is 18.2 Å². The first kappa shape index (κ1) is 9.98. The number of hydrogen-bond acceptors (Lipinski definition) is 3. The molecule has 0 spiro atoms. The van der Waals surface area contributed by atoms with Gasteiger partial charge in [-0.2, -0.15) is 0 Å². The largest absolute Gasteiger partial charge is 0.399 e. The molecular weight excluding hydrogens is 190 g/mol. The molecule has 1 saturated heterocycles. The fraction of sp³-hybridized carbons (Fsp3) is 0.364. The van der Waals surface area contributed by atoms with Gasteiger partial charge in [0, 0.05) is 30.4 Å². The molecule has 0 aliphatic carbocycles. The predicted molar refractivity (Wildman–Crippen MR) is 60.5 cm³/mol. The van der Waals surface area contributed by atoms with E-state index >= 15 is 0 Å². The first-order chi connectivity index (χ1) is 7.08. The van der Waals surface area contributed by atoms with E-state index < -0.39 is 0 Å². The minimum Gasteiger partial charge on any atom is -0.399 e. The number of carbonyl (C=O) groups excluding carboxylic acids is 1. The number of amides is 1.